The summed E-state index contributed by atoms with van der Waals surface area (Å²) in [5.74, 6) is 0.266. The molecule has 0 bridgehead atoms. The summed E-state index contributed by atoms with van der Waals surface area (Å²) in [5.41, 5.74) is 3.25. The van der Waals surface area contributed by atoms with Crippen LogP contribution < -0.4 is 4.74 Å². The number of likely N-dealkylation sites (N-methyl/N-ethyl adjacent to an activating group) is 1. The summed E-state index contributed by atoms with van der Waals surface area (Å²) in [5, 5.41) is 11.0. The van der Waals surface area contributed by atoms with Crippen molar-refractivity contribution in [3.63, 3.8) is 0 Å². The molecule has 3 aromatic carbocycles. The highest BCUT2D eigenvalue weighted by Gasteiger charge is 2.26. The SMILES string of the molecule is CC(C(=O)N(C)O)c1nc(-c2ccc(OCc3nc4ccccc4s3)cc2)c(-c2ccccc2)o1. The Bertz CT molecular complexity index is 1430. The van der Waals surface area contributed by atoms with Crippen molar-refractivity contribution in [3.05, 3.63) is 89.8 Å². The fourth-order valence-corrected chi connectivity index (χ4v) is 4.60. The van der Waals surface area contributed by atoms with Gasteiger partial charge in [-0.1, -0.05) is 42.5 Å². The molecule has 1 N–H and O–H groups in total. The third kappa shape index (κ3) is 4.80. The Kier molecular flexibility index (Phi) is 6.31. The van der Waals surface area contributed by atoms with Crippen molar-refractivity contribution in [2.24, 2.45) is 0 Å². The number of rotatable bonds is 7. The van der Waals surface area contributed by atoms with Crippen molar-refractivity contribution in [2.75, 3.05) is 7.05 Å². The highest BCUT2D eigenvalue weighted by Crippen LogP contribution is 2.35. The minimum absolute atomic E-state index is 0.237. The van der Waals surface area contributed by atoms with Crippen LogP contribution in [0, 0.1) is 0 Å². The molecular weight excluding hydrogens is 462 g/mol. The molecule has 0 saturated carbocycles. The van der Waals surface area contributed by atoms with Crippen LogP contribution in [0.4, 0.5) is 0 Å². The smallest absolute Gasteiger partial charge is 0.257 e. The van der Waals surface area contributed by atoms with Crippen molar-refractivity contribution in [2.45, 2.75) is 19.4 Å². The predicted molar refractivity (Wildman–Crippen MR) is 134 cm³/mol. The lowest BCUT2D eigenvalue weighted by atomic mass is 10.1. The molecule has 1 atom stereocenters. The van der Waals surface area contributed by atoms with Crippen LogP contribution in [-0.4, -0.2) is 33.2 Å². The summed E-state index contributed by atoms with van der Waals surface area (Å²) >= 11 is 1.62. The molecule has 0 aliphatic carbocycles. The first-order chi connectivity index (χ1) is 17.0. The summed E-state index contributed by atoms with van der Waals surface area (Å²) in [7, 11) is 1.29. The van der Waals surface area contributed by atoms with E-state index in [-0.39, 0.29) is 5.89 Å². The maximum Gasteiger partial charge on any atom is 0.257 e. The lowest BCUT2D eigenvalue weighted by Gasteiger charge is -2.11. The number of carbonyl (C=O) groups is 1. The molecule has 0 radical (unpaired) electrons. The number of hydrogen-bond donors (Lipinski definition) is 1. The number of amides is 1. The number of benzene rings is 3. The molecule has 176 valence electrons. The molecule has 5 aromatic rings. The van der Waals surface area contributed by atoms with Crippen molar-refractivity contribution >= 4 is 27.5 Å². The van der Waals surface area contributed by atoms with Gasteiger partial charge in [0.15, 0.2) is 5.76 Å². The van der Waals surface area contributed by atoms with Gasteiger partial charge in [-0.15, -0.1) is 11.3 Å². The van der Waals surface area contributed by atoms with E-state index in [1.807, 2.05) is 72.8 Å². The van der Waals surface area contributed by atoms with E-state index in [9.17, 15) is 10.0 Å². The number of carbonyl (C=O) groups excluding carboxylic acids is 1. The molecule has 0 aliphatic rings. The molecule has 0 saturated heterocycles. The van der Waals surface area contributed by atoms with Crippen LogP contribution in [0.3, 0.4) is 0 Å². The Hall–Kier alpha value is -4.01. The minimum atomic E-state index is -0.738. The van der Waals surface area contributed by atoms with E-state index in [0.717, 1.165) is 26.4 Å². The highest BCUT2D eigenvalue weighted by molar-refractivity contribution is 7.18. The molecule has 1 unspecified atom stereocenters. The number of fused-ring (bicyclic) bond motifs is 1. The van der Waals surface area contributed by atoms with Crippen LogP contribution in [-0.2, 0) is 11.4 Å². The normalized spacial score (nSPS) is 12.0. The third-order valence-corrected chi connectivity index (χ3v) is 6.58. The number of ether oxygens (including phenoxy) is 1. The van der Waals surface area contributed by atoms with Crippen molar-refractivity contribution in [3.8, 4) is 28.3 Å². The number of aromatic nitrogens is 2. The van der Waals surface area contributed by atoms with Gasteiger partial charge in [0.25, 0.3) is 5.91 Å². The highest BCUT2D eigenvalue weighted by atomic mass is 32.1. The molecule has 35 heavy (non-hydrogen) atoms. The van der Waals surface area contributed by atoms with E-state index in [2.05, 4.69) is 16.0 Å². The van der Waals surface area contributed by atoms with Gasteiger partial charge in [-0.25, -0.2) is 15.0 Å². The monoisotopic (exact) mass is 485 g/mol. The van der Waals surface area contributed by atoms with E-state index >= 15 is 0 Å². The number of thiazole rings is 1. The van der Waals surface area contributed by atoms with Crippen molar-refractivity contribution in [1.82, 2.24) is 15.0 Å². The summed E-state index contributed by atoms with van der Waals surface area (Å²) in [6, 6.07) is 25.2. The topological polar surface area (TPSA) is 88.7 Å². The largest absolute Gasteiger partial charge is 0.486 e. The van der Waals surface area contributed by atoms with Gasteiger partial charge in [0.2, 0.25) is 5.89 Å². The lowest BCUT2D eigenvalue weighted by molar-refractivity contribution is -0.161. The lowest BCUT2D eigenvalue weighted by Crippen LogP contribution is -2.27. The first-order valence-corrected chi connectivity index (χ1v) is 11.9. The fourth-order valence-electron chi connectivity index (χ4n) is 3.72. The average molecular weight is 486 g/mol. The van der Waals surface area contributed by atoms with Crippen molar-refractivity contribution in [1.29, 1.82) is 0 Å². The van der Waals surface area contributed by atoms with Gasteiger partial charge in [-0.05, 0) is 43.3 Å². The molecule has 5 rings (SSSR count). The Balaban J connectivity index is 1.40. The summed E-state index contributed by atoms with van der Waals surface area (Å²) in [4.78, 5) is 21.5. The number of oxazole rings is 1. The van der Waals surface area contributed by atoms with Crippen LogP contribution >= 0.6 is 11.3 Å². The number of hydroxylamine groups is 2. The number of para-hydroxylation sites is 1. The van der Waals surface area contributed by atoms with E-state index in [1.165, 1.54) is 7.05 Å². The molecule has 0 fully saturated rings. The molecule has 0 aliphatic heterocycles. The molecule has 1 amide bonds. The third-order valence-electron chi connectivity index (χ3n) is 5.57. The van der Waals surface area contributed by atoms with Gasteiger partial charge in [-0.3, -0.25) is 10.0 Å². The van der Waals surface area contributed by atoms with Gasteiger partial charge in [-0.2, -0.15) is 0 Å². The van der Waals surface area contributed by atoms with Gasteiger partial charge in [0.05, 0.1) is 10.2 Å². The zero-order valence-electron chi connectivity index (χ0n) is 19.2. The number of hydrogen-bond acceptors (Lipinski definition) is 7. The van der Waals surface area contributed by atoms with Crippen LogP contribution in [0.5, 0.6) is 5.75 Å². The Morgan fingerprint density at radius 2 is 1.71 bits per heavy atom. The Morgan fingerprint density at radius 3 is 2.43 bits per heavy atom. The maximum atomic E-state index is 12.3. The Morgan fingerprint density at radius 1 is 1.00 bits per heavy atom. The van der Waals surface area contributed by atoms with Gasteiger partial charge >= 0.3 is 0 Å². The second kappa shape index (κ2) is 9.69. The molecule has 2 aromatic heterocycles. The fraction of sp³-hybridized carbons (Fsp3) is 0.148. The zero-order valence-corrected chi connectivity index (χ0v) is 20.0. The summed E-state index contributed by atoms with van der Waals surface area (Å²) < 4.78 is 13.1. The second-order valence-electron chi connectivity index (χ2n) is 8.07. The molecule has 2 heterocycles. The molecule has 7 nitrogen and oxygen atoms in total. The van der Waals surface area contributed by atoms with Gasteiger partial charge < -0.3 is 9.15 Å². The Labute approximate surface area is 206 Å². The van der Waals surface area contributed by atoms with E-state index < -0.39 is 11.8 Å². The van der Waals surface area contributed by atoms with Crippen LogP contribution in [0.1, 0.15) is 23.7 Å². The van der Waals surface area contributed by atoms with Crippen LogP contribution in [0.25, 0.3) is 32.8 Å². The number of nitrogens with zero attached hydrogens (tertiary/aromatic N) is 3. The standard InChI is InChI=1S/C27H23N3O4S/c1-17(27(31)30(2)32)26-29-24(25(34-26)19-8-4-3-5-9-19)18-12-14-20(15-13-18)33-16-23-28-21-10-6-7-11-22(21)35-23/h3-15,17,32H,16H2,1-2H3. The van der Waals surface area contributed by atoms with Crippen LogP contribution in [0.15, 0.2) is 83.3 Å². The first-order valence-electron chi connectivity index (χ1n) is 11.1. The minimum Gasteiger partial charge on any atom is -0.486 e. The second-order valence-corrected chi connectivity index (χ2v) is 9.18. The predicted octanol–water partition coefficient (Wildman–Crippen LogP) is 6.15. The van der Waals surface area contributed by atoms with E-state index in [1.54, 1.807) is 18.3 Å². The summed E-state index contributed by atoms with van der Waals surface area (Å²) in [6.45, 7) is 2.04. The average Bonchev–Trinajstić information content (AvgIpc) is 3.52. The van der Waals surface area contributed by atoms with E-state index in [0.29, 0.717) is 28.9 Å². The zero-order chi connectivity index (χ0) is 24.4. The summed E-state index contributed by atoms with van der Waals surface area (Å²) in [6.07, 6.45) is 0. The van der Waals surface area contributed by atoms with Crippen LogP contribution in [0.2, 0.25) is 0 Å². The molecule has 8 heteroatoms. The maximum absolute atomic E-state index is 12.3. The molecular formula is C27H23N3O4S. The first kappa shape index (κ1) is 22.8. The van der Waals surface area contributed by atoms with E-state index in [4.69, 9.17) is 9.15 Å². The van der Waals surface area contributed by atoms with Gasteiger partial charge in [0.1, 0.15) is 29.0 Å². The molecule has 0 spiro atoms. The van der Waals surface area contributed by atoms with Crippen molar-refractivity contribution < 1.29 is 19.2 Å². The quantitative estimate of drug-likeness (QED) is 0.220. The van der Waals surface area contributed by atoms with Gasteiger partial charge in [0, 0.05) is 18.2 Å².